The number of nitrogens with zero attached hydrogens (tertiary/aromatic N) is 4. The van der Waals surface area contributed by atoms with Gasteiger partial charge in [-0.3, -0.25) is 9.69 Å². The second kappa shape index (κ2) is 12.5. The van der Waals surface area contributed by atoms with E-state index in [2.05, 4.69) is 4.90 Å². The molecule has 36 heavy (non-hydrogen) atoms. The van der Waals surface area contributed by atoms with E-state index in [0.717, 1.165) is 41.6 Å². The van der Waals surface area contributed by atoms with E-state index in [9.17, 15) is 13.2 Å². The average molecular weight is 551 g/mol. The van der Waals surface area contributed by atoms with Crippen LogP contribution in [0.2, 0.25) is 5.02 Å². The van der Waals surface area contributed by atoms with E-state index >= 15 is 0 Å². The molecular weight excluding hydrogens is 516 g/mol. The van der Waals surface area contributed by atoms with Crippen LogP contribution in [0.3, 0.4) is 0 Å². The van der Waals surface area contributed by atoms with Crippen LogP contribution >= 0.6 is 22.9 Å². The summed E-state index contributed by atoms with van der Waals surface area (Å²) >= 11 is 7.67. The van der Waals surface area contributed by atoms with Crippen LogP contribution < -0.4 is 4.90 Å². The standard InChI is InChI=1S/C26H35ClN4O3S2/c1-6-8-15-30(7-2)36(33,34)22-12-10-20(11-13-22)25(32)31(16-9-14-29(4)5)26-28-24-19(3)17-21(27)18-23(24)35-26/h10-13,17-18H,6-9,14-16H2,1-5H3. The molecule has 0 saturated heterocycles. The normalized spacial score (nSPS) is 12.1. The van der Waals surface area contributed by atoms with E-state index < -0.39 is 10.0 Å². The zero-order chi connectivity index (χ0) is 26.5. The maximum Gasteiger partial charge on any atom is 0.260 e. The van der Waals surface area contributed by atoms with Crippen molar-refractivity contribution in [3.8, 4) is 0 Å². The summed E-state index contributed by atoms with van der Waals surface area (Å²) in [5, 5.41) is 1.24. The predicted octanol–water partition coefficient (Wildman–Crippen LogP) is 5.67. The number of unbranched alkanes of at least 4 members (excludes halogenated alkanes) is 1. The van der Waals surface area contributed by atoms with Crippen molar-refractivity contribution in [2.24, 2.45) is 0 Å². The molecule has 0 bridgehead atoms. The molecule has 7 nitrogen and oxygen atoms in total. The zero-order valence-corrected chi connectivity index (χ0v) is 24.0. The lowest BCUT2D eigenvalue weighted by Gasteiger charge is -2.22. The quantitative estimate of drug-likeness (QED) is 0.290. The molecule has 0 N–H and O–H groups in total. The second-order valence-electron chi connectivity index (χ2n) is 9.05. The first-order chi connectivity index (χ1) is 17.1. The summed E-state index contributed by atoms with van der Waals surface area (Å²) in [6, 6.07) is 9.97. The molecule has 1 amide bonds. The number of aromatic nitrogens is 1. The molecule has 0 aliphatic rings. The Hall–Kier alpha value is -2.04. The van der Waals surface area contributed by atoms with Crippen molar-refractivity contribution in [2.45, 2.75) is 44.9 Å². The van der Waals surface area contributed by atoms with Crippen LogP contribution in [-0.4, -0.2) is 68.8 Å². The lowest BCUT2D eigenvalue weighted by atomic mass is 10.2. The van der Waals surface area contributed by atoms with Gasteiger partial charge in [0, 0.05) is 30.2 Å². The number of benzene rings is 2. The third-order valence-electron chi connectivity index (χ3n) is 5.95. The number of amides is 1. The number of sulfonamides is 1. The Labute approximate surface area is 223 Å². The Balaban J connectivity index is 1.92. The minimum absolute atomic E-state index is 0.196. The third kappa shape index (κ3) is 6.63. The fourth-order valence-electron chi connectivity index (χ4n) is 3.94. The van der Waals surface area contributed by atoms with Crippen molar-refractivity contribution in [2.75, 3.05) is 45.2 Å². The van der Waals surface area contributed by atoms with Crippen molar-refractivity contribution < 1.29 is 13.2 Å². The number of halogens is 1. The van der Waals surface area contributed by atoms with Gasteiger partial charge in [0.25, 0.3) is 5.91 Å². The zero-order valence-electron chi connectivity index (χ0n) is 21.6. The van der Waals surface area contributed by atoms with Gasteiger partial charge in [0.15, 0.2) is 5.13 Å². The predicted molar refractivity (Wildman–Crippen MR) is 150 cm³/mol. The van der Waals surface area contributed by atoms with Crippen LogP contribution in [0.25, 0.3) is 10.2 Å². The van der Waals surface area contributed by atoms with Crippen molar-refractivity contribution in [3.05, 3.63) is 52.5 Å². The summed E-state index contributed by atoms with van der Waals surface area (Å²) in [6.07, 6.45) is 2.49. The highest BCUT2D eigenvalue weighted by atomic mass is 35.5. The number of fused-ring (bicyclic) bond motifs is 1. The van der Waals surface area contributed by atoms with Gasteiger partial charge in [-0.25, -0.2) is 13.4 Å². The number of anilines is 1. The minimum atomic E-state index is -3.61. The molecular formula is C26H35ClN4O3S2. The van der Waals surface area contributed by atoms with E-state index in [1.54, 1.807) is 17.0 Å². The highest BCUT2D eigenvalue weighted by molar-refractivity contribution is 7.89. The average Bonchev–Trinajstić information content (AvgIpc) is 3.25. The molecule has 196 valence electrons. The van der Waals surface area contributed by atoms with E-state index in [1.165, 1.54) is 27.8 Å². The molecule has 10 heteroatoms. The van der Waals surface area contributed by atoms with Crippen LogP contribution in [-0.2, 0) is 10.0 Å². The Morgan fingerprint density at radius 3 is 2.33 bits per heavy atom. The molecule has 1 aromatic heterocycles. The van der Waals surface area contributed by atoms with Crippen molar-refractivity contribution in [1.29, 1.82) is 0 Å². The number of carbonyl (C=O) groups is 1. The van der Waals surface area contributed by atoms with Gasteiger partial charge in [-0.15, -0.1) is 0 Å². The highest BCUT2D eigenvalue weighted by Gasteiger charge is 2.25. The SMILES string of the molecule is CCCCN(CC)S(=O)(=O)c1ccc(C(=O)N(CCCN(C)C)c2nc3c(C)cc(Cl)cc3s2)cc1. The summed E-state index contributed by atoms with van der Waals surface area (Å²) in [6.45, 7) is 8.03. The minimum Gasteiger partial charge on any atom is -0.309 e. The van der Waals surface area contributed by atoms with Gasteiger partial charge in [0.05, 0.1) is 15.1 Å². The topological polar surface area (TPSA) is 73.8 Å². The summed E-state index contributed by atoms with van der Waals surface area (Å²) < 4.78 is 28.6. The molecule has 0 radical (unpaired) electrons. The molecule has 2 aromatic carbocycles. The fraction of sp³-hybridized carbons (Fsp3) is 0.462. The molecule has 1 heterocycles. The second-order valence-corrected chi connectivity index (χ2v) is 12.4. The lowest BCUT2D eigenvalue weighted by Crippen LogP contribution is -2.34. The number of rotatable bonds is 12. The van der Waals surface area contributed by atoms with Gasteiger partial charge in [0.2, 0.25) is 10.0 Å². The monoisotopic (exact) mass is 550 g/mol. The highest BCUT2D eigenvalue weighted by Crippen LogP contribution is 2.34. The molecule has 0 atom stereocenters. The van der Waals surface area contributed by atoms with Crippen LogP contribution in [0, 0.1) is 6.92 Å². The van der Waals surface area contributed by atoms with Gasteiger partial charge in [0.1, 0.15) is 0 Å². The van der Waals surface area contributed by atoms with Gasteiger partial charge >= 0.3 is 0 Å². The van der Waals surface area contributed by atoms with Crippen molar-refractivity contribution >= 4 is 54.2 Å². The molecule has 0 aliphatic carbocycles. The summed E-state index contributed by atoms with van der Waals surface area (Å²) in [5.41, 5.74) is 2.21. The van der Waals surface area contributed by atoms with E-state index in [1.807, 2.05) is 47.0 Å². The largest absolute Gasteiger partial charge is 0.309 e. The molecule has 3 aromatic rings. The Morgan fingerprint density at radius 2 is 1.72 bits per heavy atom. The molecule has 0 aliphatic heterocycles. The number of thiazole rings is 1. The van der Waals surface area contributed by atoms with Crippen molar-refractivity contribution in [3.63, 3.8) is 0 Å². The maximum atomic E-state index is 13.6. The first-order valence-corrected chi connectivity index (χ1v) is 14.8. The smallest absolute Gasteiger partial charge is 0.260 e. The van der Waals surface area contributed by atoms with E-state index in [-0.39, 0.29) is 10.8 Å². The van der Waals surface area contributed by atoms with Crippen LogP contribution in [0.15, 0.2) is 41.3 Å². The Morgan fingerprint density at radius 1 is 1.03 bits per heavy atom. The third-order valence-corrected chi connectivity index (χ3v) is 9.19. The fourth-order valence-corrected chi connectivity index (χ4v) is 6.88. The molecule has 0 fully saturated rings. The summed E-state index contributed by atoms with van der Waals surface area (Å²) in [5.74, 6) is -0.209. The lowest BCUT2D eigenvalue weighted by molar-refractivity contribution is 0.0986. The van der Waals surface area contributed by atoms with Gasteiger partial charge in [-0.1, -0.05) is 43.2 Å². The molecule has 0 saturated carbocycles. The van der Waals surface area contributed by atoms with E-state index in [4.69, 9.17) is 16.6 Å². The van der Waals surface area contributed by atoms with Gasteiger partial charge < -0.3 is 4.90 Å². The van der Waals surface area contributed by atoms with E-state index in [0.29, 0.717) is 35.4 Å². The summed E-state index contributed by atoms with van der Waals surface area (Å²) in [4.78, 5) is 22.4. The van der Waals surface area contributed by atoms with Crippen LogP contribution in [0.5, 0.6) is 0 Å². The Kier molecular flexibility index (Phi) is 9.88. The Bertz CT molecular complexity index is 1290. The number of hydrogen-bond donors (Lipinski definition) is 0. The van der Waals surface area contributed by atoms with Gasteiger partial charge in [-0.05, 0) is 82.4 Å². The molecule has 0 unspecified atom stereocenters. The van der Waals surface area contributed by atoms with Crippen LogP contribution in [0.1, 0.15) is 49.0 Å². The summed E-state index contributed by atoms with van der Waals surface area (Å²) in [7, 11) is 0.381. The first kappa shape index (κ1) is 28.5. The maximum absolute atomic E-state index is 13.6. The van der Waals surface area contributed by atoms with Crippen molar-refractivity contribution in [1.82, 2.24) is 14.2 Å². The first-order valence-electron chi connectivity index (χ1n) is 12.2. The number of hydrogen-bond acceptors (Lipinski definition) is 6. The van der Waals surface area contributed by atoms with Gasteiger partial charge in [-0.2, -0.15) is 4.31 Å². The number of carbonyl (C=O) groups excluding carboxylic acids is 1. The number of aryl methyl sites for hydroxylation is 1. The van der Waals surface area contributed by atoms with Crippen LogP contribution in [0.4, 0.5) is 5.13 Å². The molecule has 0 spiro atoms. The molecule has 3 rings (SSSR count).